The largest absolute Gasteiger partial charge is 0.328 e. The van der Waals surface area contributed by atoms with Gasteiger partial charge in [0, 0.05) is 28.5 Å². The highest BCUT2D eigenvalue weighted by atomic mass is 32.1. The molecule has 31 heavy (non-hydrogen) atoms. The van der Waals surface area contributed by atoms with E-state index in [1.165, 1.54) is 10.4 Å². The SMILES string of the molecule is O=C1C[C@@H](c2cccs2)CC2=C1[C@@H](c1ccc(-c3ccccc3)cc1)n1ncnc1N2. The summed E-state index contributed by atoms with van der Waals surface area (Å²) in [6, 6.07) is 22.7. The summed E-state index contributed by atoms with van der Waals surface area (Å²) in [5.74, 6) is 1.09. The molecule has 0 unspecified atom stereocenters. The summed E-state index contributed by atoms with van der Waals surface area (Å²) < 4.78 is 1.83. The van der Waals surface area contributed by atoms with Gasteiger partial charge in [-0.25, -0.2) is 4.68 Å². The van der Waals surface area contributed by atoms with Crippen LogP contribution >= 0.6 is 11.3 Å². The lowest BCUT2D eigenvalue weighted by Gasteiger charge is -2.34. The van der Waals surface area contributed by atoms with Crippen molar-refractivity contribution in [2.45, 2.75) is 24.8 Å². The average molecular weight is 425 g/mol. The number of aromatic nitrogens is 3. The van der Waals surface area contributed by atoms with Crippen LogP contribution in [0.4, 0.5) is 5.95 Å². The molecule has 0 bridgehead atoms. The van der Waals surface area contributed by atoms with E-state index < -0.39 is 0 Å². The minimum absolute atomic E-state index is 0.186. The van der Waals surface area contributed by atoms with E-state index in [1.54, 1.807) is 17.7 Å². The van der Waals surface area contributed by atoms with Crippen LogP contribution in [0.5, 0.6) is 0 Å². The Labute approximate surface area is 184 Å². The number of nitrogens with one attached hydrogen (secondary N) is 1. The Balaban J connectivity index is 1.41. The first-order valence-corrected chi connectivity index (χ1v) is 11.3. The van der Waals surface area contributed by atoms with Gasteiger partial charge in [0.1, 0.15) is 12.4 Å². The Bertz CT molecular complexity index is 1270. The summed E-state index contributed by atoms with van der Waals surface area (Å²) in [5, 5.41) is 9.91. The van der Waals surface area contributed by atoms with Gasteiger partial charge in [-0.05, 0) is 34.6 Å². The van der Waals surface area contributed by atoms with E-state index in [2.05, 4.69) is 69.3 Å². The molecule has 5 nitrogen and oxygen atoms in total. The highest BCUT2D eigenvalue weighted by Crippen LogP contribution is 2.44. The maximum Gasteiger partial charge on any atom is 0.226 e. The van der Waals surface area contributed by atoms with Gasteiger partial charge in [-0.3, -0.25) is 4.79 Å². The third kappa shape index (κ3) is 3.11. The molecule has 3 heterocycles. The molecule has 6 heteroatoms. The summed E-state index contributed by atoms with van der Waals surface area (Å²) in [6.45, 7) is 0. The maximum absolute atomic E-state index is 13.4. The normalized spacial score (nSPS) is 20.2. The number of rotatable bonds is 3. The average Bonchev–Trinajstić information content (AvgIpc) is 3.50. The fraction of sp³-hybridized carbons (Fsp3) is 0.160. The first-order valence-electron chi connectivity index (χ1n) is 10.4. The van der Waals surface area contributed by atoms with Crippen LogP contribution in [0.3, 0.4) is 0 Å². The minimum Gasteiger partial charge on any atom is -0.328 e. The molecule has 2 aliphatic rings. The van der Waals surface area contributed by atoms with Crippen LogP contribution in [0.2, 0.25) is 0 Å². The summed E-state index contributed by atoms with van der Waals surface area (Å²) in [7, 11) is 0. The van der Waals surface area contributed by atoms with Crippen LogP contribution < -0.4 is 5.32 Å². The Morgan fingerprint density at radius 1 is 0.935 bits per heavy atom. The molecule has 0 amide bonds. The molecule has 152 valence electrons. The highest BCUT2D eigenvalue weighted by molar-refractivity contribution is 7.10. The Kier molecular flexibility index (Phi) is 4.32. The predicted molar refractivity (Wildman–Crippen MR) is 122 cm³/mol. The zero-order valence-corrected chi connectivity index (χ0v) is 17.5. The van der Waals surface area contributed by atoms with Crippen LogP contribution in [-0.4, -0.2) is 20.5 Å². The molecular formula is C25H20N4OS. The van der Waals surface area contributed by atoms with Crippen molar-refractivity contribution in [3.63, 3.8) is 0 Å². The number of hydrogen-bond donors (Lipinski definition) is 1. The van der Waals surface area contributed by atoms with E-state index in [1.807, 2.05) is 22.9 Å². The number of allylic oxidation sites excluding steroid dienone is 2. The van der Waals surface area contributed by atoms with Gasteiger partial charge in [-0.1, -0.05) is 60.7 Å². The van der Waals surface area contributed by atoms with E-state index in [4.69, 9.17) is 0 Å². The number of fused-ring (bicyclic) bond motifs is 1. The lowest BCUT2D eigenvalue weighted by Crippen LogP contribution is -2.33. The maximum atomic E-state index is 13.4. The molecule has 2 aromatic carbocycles. The first kappa shape index (κ1) is 18.3. The fourth-order valence-corrected chi connectivity index (χ4v) is 5.50. The molecule has 1 aliphatic carbocycles. The number of thiophene rings is 1. The van der Waals surface area contributed by atoms with Gasteiger partial charge in [0.25, 0.3) is 0 Å². The number of carbonyl (C=O) groups is 1. The van der Waals surface area contributed by atoms with E-state index in [9.17, 15) is 4.79 Å². The van der Waals surface area contributed by atoms with Gasteiger partial charge in [-0.15, -0.1) is 11.3 Å². The Hall–Kier alpha value is -3.51. The van der Waals surface area contributed by atoms with Crippen molar-refractivity contribution in [1.29, 1.82) is 0 Å². The predicted octanol–water partition coefficient (Wildman–Crippen LogP) is 5.42. The van der Waals surface area contributed by atoms with Crippen molar-refractivity contribution < 1.29 is 4.79 Å². The van der Waals surface area contributed by atoms with Crippen molar-refractivity contribution in [2.75, 3.05) is 5.32 Å². The van der Waals surface area contributed by atoms with Crippen molar-refractivity contribution in [3.05, 3.63) is 100 Å². The van der Waals surface area contributed by atoms with Gasteiger partial charge in [0.15, 0.2) is 5.78 Å². The highest BCUT2D eigenvalue weighted by Gasteiger charge is 2.39. The van der Waals surface area contributed by atoms with Crippen molar-refractivity contribution in [1.82, 2.24) is 14.8 Å². The first-order chi connectivity index (χ1) is 15.3. The van der Waals surface area contributed by atoms with Gasteiger partial charge in [0.2, 0.25) is 5.95 Å². The fourth-order valence-electron chi connectivity index (χ4n) is 4.67. The summed E-state index contributed by atoms with van der Waals surface area (Å²) in [6.07, 6.45) is 2.89. The van der Waals surface area contributed by atoms with Crippen molar-refractivity contribution >= 4 is 23.1 Å². The molecule has 2 aromatic heterocycles. The lowest BCUT2D eigenvalue weighted by molar-refractivity contribution is -0.116. The molecule has 1 N–H and O–H groups in total. The molecule has 2 atom stereocenters. The molecule has 0 spiro atoms. The topological polar surface area (TPSA) is 59.8 Å². The van der Waals surface area contributed by atoms with Crippen LogP contribution in [0.1, 0.15) is 35.2 Å². The zero-order valence-electron chi connectivity index (χ0n) is 16.7. The molecule has 6 rings (SSSR count). The lowest BCUT2D eigenvalue weighted by atomic mass is 9.80. The van der Waals surface area contributed by atoms with Crippen LogP contribution in [0, 0.1) is 0 Å². The second kappa shape index (κ2) is 7.32. The van der Waals surface area contributed by atoms with Crippen molar-refractivity contribution in [2.24, 2.45) is 0 Å². The molecule has 0 saturated heterocycles. The van der Waals surface area contributed by atoms with E-state index in [0.717, 1.165) is 28.8 Å². The number of hydrogen-bond acceptors (Lipinski definition) is 5. The number of carbonyl (C=O) groups excluding carboxylic acids is 1. The molecule has 1 aliphatic heterocycles. The number of nitrogens with zero attached hydrogens (tertiary/aromatic N) is 3. The van der Waals surface area contributed by atoms with Gasteiger partial charge >= 0.3 is 0 Å². The van der Waals surface area contributed by atoms with E-state index in [0.29, 0.717) is 12.4 Å². The third-order valence-corrected chi connectivity index (χ3v) is 7.18. The molecule has 0 fully saturated rings. The van der Waals surface area contributed by atoms with Gasteiger partial charge in [-0.2, -0.15) is 10.1 Å². The smallest absolute Gasteiger partial charge is 0.226 e. The number of anilines is 1. The van der Waals surface area contributed by atoms with E-state index >= 15 is 0 Å². The molecule has 0 saturated carbocycles. The summed E-state index contributed by atoms with van der Waals surface area (Å²) in [4.78, 5) is 19.0. The second-order valence-electron chi connectivity index (χ2n) is 7.98. The minimum atomic E-state index is -0.254. The molecular weight excluding hydrogens is 404 g/mol. The van der Waals surface area contributed by atoms with Crippen LogP contribution in [-0.2, 0) is 4.79 Å². The monoisotopic (exact) mass is 424 g/mol. The van der Waals surface area contributed by atoms with Crippen LogP contribution in [0.15, 0.2) is 89.7 Å². The number of benzene rings is 2. The Morgan fingerprint density at radius 3 is 2.52 bits per heavy atom. The number of ketones is 1. The Morgan fingerprint density at radius 2 is 1.74 bits per heavy atom. The molecule has 0 radical (unpaired) electrons. The quantitative estimate of drug-likeness (QED) is 0.477. The summed E-state index contributed by atoms with van der Waals surface area (Å²) in [5.41, 5.74) is 5.17. The molecule has 4 aromatic rings. The van der Waals surface area contributed by atoms with Gasteiger partial charge < -0.3 is 5.32 Å². The number of Topliss-reactive ketones (excluding diaryl/α,β-unsaturated/α-hetero) is 1. The van der Waals surface area contributed by atoms with Gasteiger partial charge in [0.05, 0.1) is 0 Å². The van der Waals surface area contributed by atoms with E-state index in [-0.39, 0.29) is 17.7 Å². The third-order valence-electron chi connectivity index (χ3n) is 6.14. The standard InChI is InChI=1S/C25H20N4OS/c30-21-14-19(22-7-4-12-31-22)13-20-23(21)24(29-25(28-20)26-15-27-29)18-10-8-17(9-11-18)16-5-2-1-3-6-16/h1-12,15,19,24H,13-14H2,(H,26,27,28)/t19-,24+/m0/s1. The van der Waals surface area contributed by atoms with Crippen LogP contribution in [0.25, 0.3) is 11.1 Å². The summed E-state index contributed by atoms with van der Waals surface area (Å²) >= 11 is 1.72. The second-order valence-corrected chi connectivity index (χ2v) is 8.96. The van der Waals surface area contributed by atoms with Crippen molar-refractivity contribution in [3.8, 4) is 11.1 Å². The zero-order chi connectivity index (χ0) is 20.8.